The predicted octanol–water partition coefficient (Wildman–Crippen LogP) is 3.95. The third-order valence-corrected chi connectivity index (χ3v) is 6.56. The second-order valence-corrected chi connectivity index (χ2v) is 8.78. The average Bonchev–Trinajstić information content (AvgIpc) is 2.89. The van der Waals surface area contributed by atoms with E-state index in [1.54, 1.807) is 10.6 Å². The van der Waals surface area contributed by atoms with Gasteiger partial charge in [-0.2, -0.15) is 0 Å². The Labute approximate surface area is 201 Å². The van der Waals surface area contributed by atoms with E-state index in [9.17, 15) is 9.59 Å². The predicted molar refractivity (Wildman–Crippen MR) is 136 cm³/mol. The molecule has 1 fully saturated rings. The number of rotatable bonds is 6. The monoisotopic (exact) mass is 472 g/mol. The normalized spacial score (nSPS) is 13.7. The molecule has 1 amide bonds. The average molecular weight is 473 g/mol. The first kappa shape index (κ1) is 22.2. The Morgan fingerprint density at radius 1 is 0.941 bits per heavy atom. The third kappa shape index (κ3) is 4.69. The van der Waals surface area contributed by atoms with E-state index in [1.807, 2.05) is 72.8 Å². The largest absolute Gasteiger partial charge is 0.378 e. The number of nitrogens with one attached hydrogen (secondary N) is 1. The molecule has 1 saturated heterocycles. The molecule has 0 unspecified atom stereocenters. The summed E-state index contributed by atoms with van der Waals surface area (Å²) in [5.74, 6) is -0.0394. The zero-order valence-electron chi connectivity index (χ0n) is 18.5. The standard InChI is InChI=1S/C26H24N4O3S/c31-24(27-22-12-6-7-13-23(22)29-14-16-33-17-15-29)18-34-26-28-21-11-5-4-10-20(21)25(32)30(26)19-8-2-1-3-9-19/h1-13H,14-18H2,(H,27,31). The minimum absolute atomic E-state index is 0.120. The smallest absolute Gasteiger partial charge is 0.266 e. The molecule has 0 spiro atoms. The highest BCUT2D eigenvalue weighted by Gasteiger charge is 2.18. The lowest BCUT2D eigenvalue weighted by molar-refractivity contribution is -0.113. The van der Waals surface area contributed by atoms with Crippen molar-refractivity contribution in [3.05, 3.63) is 89.2 Å². The number of hydrogen-bond donors (Lipinski definition) is 1. The van der Waals surface area contributed by atoms with Gasteiger partial charge in [-0.25, -0.2) is 4.98 Å². The van der Waals surface area contributed by atoms with E-state index < -0.39 is 0 Å². The van der Waals surface area contributed by atoms with E-state index in [0.29, 0.717) is 35.0 Å². The van der Waals surface area contributed by atoms with E-state index in [2.05, 4.69) is 10.2 Å². The number of anilines is 2. The molecule has 8 heteroatoms. The van der Waals surface area contributed by atoms with Crippen molar-refractivity contribution >= 4 is 39.9 Å². The van der Waals surface area contributed by atoms with Gasteiger partial charge in [0.25, 0.3) is 5.56 Å². The maximum Gasteiger partial charge on any atom is 0.266 e. The molecule has 5 rings (SSSR count). The van der Waals surface area contributed by atoms with Crippen molar-refractivity contribution in [3.63, 3.8) is 0 Å². The van der Waals surface area contributed by atoms with Crippen LogP contribution in [0, 0.1) is 0 Å². The molecule has 1 N–H and O–H groups in total. The van der Waals surface area contributed by atoms with Crippen LogP contribution in [0.5, 0.6) is 0 Å². The van der Waals surface area contributed by atoms with Crippen molar-refractivity contribution < 1.29 is 9.53 Å². The molecule has 172 valence electrons. The summed E-state index contributed by atoms with van der Waals surface area (Å²) in [5.41, 5.74) is 2.92. The van der Waals surface area contributed by atoms with Crippen LogP contribution in [0.1, 0.15) is 0 Å². The minimum atomic E-state index is -0.160. The summed E-state index contributed by atoms with van der Waals surface area (Å²) in [7, 11) is 0. The Morgan fingerprint density at radius 2 is 1.65 bits per heavy atom. The third-order valence-electron chi connectivity index (χ3n) is 5.62. The fourth-order valence-electron chi connectivity index (χ4n) is 3.99. The van der Waals surface area contributed by atoms with Gasteiger partial charge < -0.3 is 15.0 Å². The number of para-hydroxylation sites is 4. The van der Waals surface area contributed by atoms with Crippen molar-refractivity contribution in [2.45, 2.75) is 5.16 Å². The Balaban J connectivity index is 1.40. The van der Waals surface area contributed by atoms with E-state index in [1.165, 1.54) is 11.8 Å². The van der Waals surface area contributed by atoms with Crippen molar-refractivity contribution in [1.29, 1.82) is 0 Å². The van der Waals surface area contributed by atoms with Crippen LogP contribution in [0.4, 0.5) is 11.4 Å². The molecule has 7 nitrogen and oxygen atoms in total. The van der Waals surface area contributed by atoms with Gasteiger partial charge in [0.05, 0.1) is 46.9 Å². The number of carbonyl (C=O) groups is 1. The van der Waals surface area contributed by atoms with E-state index in [0.717, 1.165) is 24.5 Å². The van der Waals surface area contributed by atoms with Crippen LogP contribution in [0.25, 0.3) is 16.6 Å². The first-order valence-corrected chi connectivity index (χ1v) is 12.1. The fraction of sp³-hybridized carbons (Fsp3) is 0.192. The first-order chi connectivity index (χ1) is 16.7. The minimum Gasteiger partial charge on any atom is -0.378 e. The number of fused-ring (bicyclic) bond motifs is 1. The summed E-state index contributed by atoms with van der Waals surface area (Å²) < 4.78 is 7.02. The lowest BCUT2D eigenvalue weighted by atomic mass is 10.2. The number of aromatic nitrogens is 2. The number of hydrogen-bond acceptors (Lipinski definition) is 6. The van der Waals surface area contributed by atoms with Crippen molar-refractivity contribution in [2.24, 2.45) is 0 Å². The van der Waals surface area contributed by atoms with Crippen LogP contribution in [-0.2, 0) is 9.53 Å². The lowest BCUT2D eigenvalue weighted by Gasteiger charge is -2.30. The molecule has 34 heavy (non-hydrogen) atoms. The van der Waals surface area contributed by atoms with Gasteiger partial charge in [-0.05, 0) is 36.4 Å². The number of amides is 1. The van der Waals surface area contributed by atoms with Gasteiger partial charge in [0.1, 0.15) is 0 Å². The SMILES string of the molecule is O=C(CSc1nc2ccccc2c(=O)n1-c1ccccc1)Nc1ccccc1N1CCOCC1. The van der Waals surface area contributed by atoms with Crippen LogP contribution in [0.15, 0.2) is 88.8 Å². The van der Waals surface area contributed by atoms with Gasteiger partial charge in [0.2, 0.25) is 5.91 Å². The molecule has 1 aromatic heterocycles. The molecule has 1 aliphatic heterocycles. The topological polar surface area (TPSA) is 76.5 Å². The molecular weight excluding hydrogens is 448 g/mol. The summed E-state index contributed by atoms with van der Waals surface area (Å²) in [5, 5.41) is 4.05. The maximum absolute atomic E-state index is 13.3. The molecular formula is C26H24N4O3S. The van der Waals surface area contributed by atoms with Crippen molar-refractivity contribution in [3.8, 4) is 5.69 Å². The number of thioether (sulfide) groups is 1. The van der Waals surface area contributed by atoms with E-state index in [4.69, 9.17) is 9.72 Å². The molecule has 1 aliphatic rings. The summed E-state index contributed by atoms with van der Waals surface area (Å²) in [6.45, 7) is 2.91. The quantitative estimate of drug-likeness (QED) is 0.338. The lowest BCUT2D eigenvalue weighted by Crippen LogP contribution is -2.36. The number of benzene rings is 3. The Kier molecular flexibility index (Phi) is 6.60. The molecule has 0 atom stereocenters. The number of morpholine rings is 1. The van der Waals surface area contributed by atoms with Gasteiger partial charge >= 0.3 is 0 Å². The number of ether oxygens (including phenoxy) is 1. The van der Waals surface area contributed by atoms with Crippen LogP contribution in [0.2, 0.25) is 0 Å². The second kappa shape index (κ2) is 10.1. The summed E-state index contributed by atoms with van der Waals surface area (Å²) in [6.07, 6.45) is 0. The zero-order chi connectivity index (χ0) is 23.3. The van der Waals surface area contributed by atoms with Crippen LogP contribution in [0.3, 0.4) is 0 Å². The number of nitrogens with zero attached hydrogens (tertiary/aromatic N) is 3. The highest BCUT2D eigenvalue weighted by atomic mass is 32.2. The van der Waals surface area contributed by atoms with Crippen molar-refractivity contribution in [2.75, 3.05) is 42.3 Å². The van der Waals surface area contributed by atoms with Gasteiger partial charge in [-0.15, -0.1) is 0 Å². The molecule has 2 heterocycles. The maximum atomic E-state index is 13.3. The van der Waals surface area contributed by atoms with Crippen molar-refractivity contribution in [1.82, 2.24) is 9.55 Å². The summed E-state index contributed by atoms with van der Waals surface area (Å²) >= 11 is 1.25. The highest BCUT2D eigenvalue weighted by molar-refractivity contribution is 7.99. The molecule has 0 radical (unpaired) electrons. The molecule has 4 aromatic rings. The van der Waals surface area contributed by atoms with E-state index in [-0.39, 0.29) is 17.2 Å². The van der Waals surface area contributed by atoms with Gasteiger partial charge in [0, 0.05) is 13.1 Å². The Bertz CT molecular complexity index is 1370. The molecule has 0 aliphatic carbocycles. The zero-order valence-corrected chi connectivity index (χ0v) is 19.3. The van der Waals surface area contributed by atoms with Crippen LogP contribution in [-0.4, -0.2) is 47.5 Å². The molecule has 3 aromatic carbocycles. The molecule has 0 bridgehead atoms. The van der Waals surface area contributed by atoms with Crippen LogP contribution < -0.4 is 15.8 Å². The Hall–Kier alpha value is -3.62. The molecule has 0 saturated carbocycles. The highest BCUT2D eigenvalue weighted by Crippen LogP contribution is 2.27. The summed E-state index contributed by atoms with van der Waals surface area (Å²) in [6, 6.07) is 24.4. The number of carbonyl (C=O) groups excluding carboxylic acids is 1. The Morgan fingerprint density at radius 3 is 2.47 bits per heavy atom. The fourth-order valence-corrected chi connectivity index (χ4v) is 4.80. The second-order valence-electron chi connectivity index (χ2n) is 7.84. The van der Waals surface area contributed by atoms with Gasteiger partial charge in [-0.1, -0.05) is 54.2 Å². The van der Waals surface area contributed by atoms with Gasteiger partial charge in [0.15, 0.2) is 5.16 Å². The summed E-state index contributed by atoms with van der Waals surface area (Å²) in [4.78, 5) is 33.1. The van der Waals surface area contributed by atoms with Crippen LogP contribution >= 0.6 is 11.8 Å². The van der Waals surface area contributed by atoms with E-state index >= 15 is 0 Å². The van der Waals surface area contributed by atoms with Gasteiger partial charge in [-0.3, -0.25) is 14.2 Å². The first-order valence-electron chi connectivity index (χ1n) is 11.1.